The minimum atomic E-state index is -3.95. The van der Waals surface area contributed by atoms with Crippen molar-refractivity contribution in [3.05, 3.63) is 101 Å². The molecule has 0 aromatic heterocycles. The Kier molecular flexibility index (Phi) is 11.1. The summed E-state index contributed by atoms with van der Waals surface area (Å²) in [4.78, 5) is 41.1. The van der Waals surface area contributed by atoms with Crippen molar-refractivity contribution in [2.75, 3.05) is 23.7 Å². The fourth-order valence-electron chi connectivity index (χ4n) is 4.28. The van der Waals surface area contributed by atoms with Crippen LogP contribution in [0, 0.1) is 5.92 Å². The Morgan fingerprint density at radius 1 is 0.927 bits per heavy atom. The number of anilines is 1. The fraction of sp³-hybridized carbons (Fsp3) is 0.323. The van der Waals surface area contributed by atoms with Crippen molar-refractivity contribution in [2.45, 2.75) is 39.8 Å². The third-order valence-corrected chi connectivity index (χ3v) is 7.98. The predicted octanol–water partition coefficient (Wildman–Crippen LogP) is 4.72. The van der Waals surface area contributed by atoms with Crippen LogP contribution in [0.1, 0.15) is 42.3 Å². The van der Waals surface area contributed by atoms with Crippen LogP contribution in [-0.4, -0.2) is 56.3 Å². The highest BCUT2D eigenvalue weighted by atomic mass is 35.5. The molecule has 0 bridgehead atoms. The third kappa shape index (κ3) is 9.16. The van der Waals surface area contributed by atoms with Gasteiger partial charge in [0.05, 0.1) is 11.9 Å². The molecule has 3 aromatic rings. The minimum Gasteiger partial charge on any atom is -0.354 e. The number of rotatable bonds is 13. The number of hydrogen-bond acceptors (Lipinski definition) is 5. The number of amides is 2. The molecular formula is C31H36ClN3O5S. The van der Waals surface area contributed by atoms with Crippen LogP contribution in [0.25, 0.3) is 0 Å². The molecule has 3 rings (SSSR count). The average Bonchev–Trinajstić information content (AvgIpc) is 2.93. The van der Waals surface area contributed by atoms with E-state index < -0.39 is 28.5 Å². The summed E-state index contributed by atoms with van der Waals surface area (Å²) in [5, 5.41) is 3.36. The van der Waals surface area contributed by atoms with E-state index in [0.717, 1.165) is 16.1 Å². The lowest BCUT2D eigenvalue weighted by Gasteiger charge is -2.34. The Hall–Kier alpha value is -3.69. The number of sulfonamides is 1. The van der Waals surface area contributed by atoms with Gasteiger partial charge in [-0.3, -0.25) is 18.7 Å². The number of hydrogen-bond donors (Lipinski definition) is 1. The van der Waals surface area contributed by atoms with E-state index >= 15 is 0 Å². The van der Waals surface area contributed by atoms with Gasteiger partial charge >= 0.3 is 0 Å². The first kappa shape index (κ1) is 31.8. The van der Waals surface area contributed by atoms with Gasteiger partial charge in [0.15, 0.2) is 5.78 Å². The molecule has 3 aromatic carbocycles. The normalized spacial score (nSPS) is 12.0. The maximum Gasteiger partial charge on any atom is 0.244 e. The Morgan fingerprint density at radius 2 is 1.59 bits per heavy atom. The minimum absolute atomic E-state index is 0.0177. The molecule has 1 unspecified atom stereocenters. The van der Waals surface area contributed by atoms with Crippen LogP contribution in [-0.2, 0) is 32.6 Å². The first-order valence-corrected chi connectivity index (χ1v) is 15.5. The van der Waals surface area contributed by atoms with Gasteiger partial charge in [-0.25, -0.2) is 8.42 Å². The molecule has 1 atom stereocenters. The van der Waals surface area contributed by atoms with Gasteiger partial charge in [-0.1, -0.05) is 86.1 Å². The van der Waals surface area contributed by atoms with Gasteiger partial charge in [0.1, 0.15) is 12.6 Å². The van der Waals surface area contributed by atoms with E-state index in [-0.39, 0.29) is 36.3 Å². The molecule has 0 fully saturated rings. The van der Waals surface area contributed by atoms with Crippen LogP contribution < -0.4 is 9.62 Å². The molecule has 2 amide bonds. The van der Waals surface area contributed by atoms with E-state index in [4.69, 9.17) is 11.6 Å². The van der Waals surface area contributed by atoms with Crippen molar-refractivity contribution in [3.8, 4) is 0 Å². The zero-order valence-corrected chi connectivity index (χ0v) is 25.3. The maximum atomic E-state index is 14.1. The third-order valence-electron chi connectivity index (χ3n) is 6.47. The van der Waals surface area contributed by atoms with Crippen LogP contribution in [0.2, 0.25) is 5.02 Å². The van der Waals surface area contributed by atoms with Gasteiger partial charge in [0, 0.05) is 30.1 Å². The summed E-state index contributed by atoms with van der Waals surface area (Å²) in [7, 11) is -3.95. The highest BCUT2D eigenvalue weighted by Crippen LogP contribution is 2.23. The SMILES string of the molecule is CC(=O)c1cccc(N(CC(=O)N(Cc2ccccc2Cl)C(Cc2ccccc2)C(=O)NCC(C)C)S(C)(=O)=O)c1. The van der Waals surface area contributed by atoms with Crippen molar-refractivity contribution < 1.29 is 22.8 Å². The van der Waals surface area contributed by atoms with E-state index in [1.165, 1.54) is 24.0 Å². The van der Waals surface area contributed by atoms with Crippen LogP contribution in [0.4, 0.5) is 5.69 Å². The molecule has 0 radical (unpaired) electrons. The Bertz CT molecular complexity index is 1480. The number of benzene rings is 3. The van der Waals surface area contributed by atoms with E-state index in [2.05, 4.69) is 5.32 Å². The maximum absolute atomic E-state index is 14.1. The quantitative estimate of drug-likeness (QED) is 0.287. The lowest BCUT2D eigenvalue weighted by molar-refractivity contribution is -0.140. The Morgan fingerprint density at radius 3 is 2.20 bits per heavy atom. The molecule has 0 aliphatic carbocycles. The predicted molar refractivity (Wildman–Crippen MR) is 162 cm³/mol. The number of ketones is 1. The highest BCUT2D eigenvalue weighted by molar-refractivity contribution is 7.92. The first-order valence-electron chi connectivity index (χ1n) is 13.3. The molecule has 41 heavy (non-hydrogen) atoms. The summed E-state index contributed by atoms with van der Waals surface area (Å²) in [5.74, 6) is -1.01. The molecule has 0 heterocycles. The molecule has 8 nitrogen and oxygen atoms in total. The number of Topliss-reactive ketones (excluding diaryl/α,β-unsaturated/α-hetero) is 1. The number of nitrogens with zero attached hydrogens (tertiary/aromatic N) is 2. The van der Waals surface area contributed by atoms with Crippen LogP contribution in [0.5, 0.6) is 0 Å². The Labute approximate surface area is 247 Å². The summed E-state index contributed by atoms with van der Waals surface area (Å²) in [6.07, 6.45) is 1.20. The molecule has 0 spiro atoms. The van der Waals surface area contributed by atoms with Crippen molar-refractivity contribution in [1.82, 2.24) is 10.2 Å². The molecule has 0 saturated carbocycles. The lowest BCUT2D eigenvalue weighted by atomic mass is 10.0. The molecule has 1 N–H and O–H groups in total. The summed E-state index contributed by atoms with van der Waals surface area (Å²) in [6, 6.07) is 21.5. The number of carbonyl (C=O) groups is 3. The van der Waals surface area contributed by atoms with E-state index in [1.54, 1.807) is 36.4 Å². The van der Waals surface area contributed by atoms with Crippen molar-refractivity contribution in [1.29, 1.82) is 0 Å². The van der Waals surface area contributed by atoms with Crippen molar-refractivity contribution in [2.24, 2.45) is 5.92 Å². The average molecular weight is 598 g/mol. The summed E-state index contributed by atoms with van der Waals surface area (Å²) >= 11 is 6.46. The highest BCUT2D eigenvalue weighted by Gasteiger charge is 2.33. The van der Waals surface area contributed by atoms with Gasteiger partial charge in [0.2, 0.25) is 21.8 Å². The largest absolute Gasteiger partial charge is 0.354 e. The van der Waals surface area contributed by atoms with Gasteiger partial charge in [-0.15, -0.1) is 0 Å². The topological polar surface area (TPSA) is 104 Å². The number of halogens is 1. The van der Waals surface area contributed by atoms with Crippen LogP contribution in [0.3, 0.4) is 0 Å². The van der Waals surface area contributed by atoms with E-state index in [0.29, 0.717) is 22.7 Å². The number of nitrogens with one attached hydrogen (secondary N) is 1. The molecule has 0 saturated heterocycles. The smallest absolute Gasteiger partial charge is 0.244 e. The molecular weight excluding hydrogens is 562 g/mol. The van der Waals surface area contributed by atoms with Crippen LogP contribution in [0.15, 0.2) is 78.9 Å². The zero-order chi connectivity index (χ0) is 30.2. The second-order valence-corrected chi connectivity index (χ2v) is 12.6. The van der Waals surface area contributed by atoms with Crippen molar-refractivity contribution >= 4 is 44.9 Å². The van der Waals surface area contributed by atoms with Gasteiger partial charge in [-0.2, -0.15) is 0 Å². The number of carbonyl (C=O) groups excluding carboxylic acids is 3. The molecule has 218 valence electrons. The van der Waals surface area contributed by atoms with Gasteiger partial charge in [-0.05, 0) is 42.2 Å². The van der Waals surface area contributed by atoms with E-state index in [9.17, 15) is 22.8 Å². The second-order valence-electron chi connectivity index (χ2n) is 10.3. The van der Waals surface area contributed by atoms with E-state index in [1.807, 2.05) is 44.2 Å². The zero-order valence-electron chi connectivity index (χ0n) is 23.7. The lowest BCUT2D eigenvalue weighted by Crippen LogP contribution is -2.53. The Balaban J connectivity index is 2.08. The molecule has 0 aliphatic heterocycles. The fourth-order valence-corrected chi connectivity index (χ4v) is 5.32. The summed E-state index contributed by atoms with van der Waals surface area (Å²) in [6.45, 7) is 5.13. The summed E-state index contributed by atoms with van der Waals surface area (Å²) in [5.41, 5.74) is 1.94. The second kappa shape index (κ2) is 14.3. The van der Waals surface area contributed by atoms with Crippen molar-refractivity contribution in [3.63, 3.8) is 0 Å². The molecule has 10 heteroatoms. The van der Waals surface area contributed by atoms with Crippen LogP contribution >= 0.6 is 11.6 Å². The monoisotopic (exact) mass is 597 g/mol. The summed E-state index contributed by atoms with van der Waals surface area (Å²) < 4.78 is 26.8. The van der Waals surface area contributed by atoms with Gasteiger partial charge < -0.3 is 10.2 Å². The first-order chi connectivity index (χ1) is 19.4. The standard InChI is InChI=1S/C31H36ClN3O5S/c1-22(2)19-33-31(38)29(17-24-11-6-5-7-12-24)34(20-26-13-8-9-16-28(26)32)30(37)21-35(41(4,39)40)27-15-10-14-25(18-27)23(3)36/h5-16,18,22,29H,17,19-21H2,1-4H3,(H,33,38). The van der Waals surface area contributed by atoms with Gasteiger partial charge in [0.25, 0.3) is 0 Å². The molecule has 0 aliphatic rings.